The molecule has 3 N–H and O–H groups in total. The molecule has 0 aliphatic rings. The van der Waals surface area contributed by atoms with Gasteiger partial charge in [0.1, 0.15) is 6.10 Å². The lowest BCUT2D eigenvalue weighted by Gasteiger charge is -2.24. The minimum Gasteiger partial charge on any atom is -0.462 e. The molecule has 0 radical (unpaired) electrons. The molecule has 398 valence electrons. The number of nitrogens with one attached hydrogen (secondary N) is 1. The minimum absolute atomic E-state index is 0.0516. The molecular formula is C62H115NO5. The van der Waals surface area contributed by atoms with E-state index < -0.39 is 18.2 Å². The normalized spacial score (nSPS) is 13.4. The number of ether oxygens (including phenoxy) is 1. The number of hydrogen-bond acceptors (Lipinski definition) is 5. The van der Waals surface area contributed by atoms with E-state index in [2.05, 4.69) is 74.7 Å². The SMILES string of the molecule is CCCCC/C=C\C/C=C\C/C=C\CCCCC(CC(=O)NC(CO)C(O)CCCCCCCCCCCCCCCCCCC)OC(=O)CCCCCCCCC/C=C/CCCCCCCC. The van der Waals surface area contributed by atoms with Crippen molar-refractivity contribution in [2.24, 2.45) is 0 Å². The Morgan fingerprint density at radius 3 is 1.19 bits per heavy atom. The van der Waals surface area contributed by atoms with Crippen LogP contribution in [0.1, 0.15) is 310 Å². The molecule has 0 aromatic heterocycles. The molecule has 1 amide bonds. The van der Waals surface area contributed by atoms with Crippen molar-refractivity contribution in [3.8, 4) is 0 Å². The Morgan fingerprint density at radius 2 is 0.750 bits per heavy atom. The van der Waals surface area contributed by atoms with Crippen molar-refractivity contribution in [2.45, 2.75) is 328 Å². The van der Waals surface area contributed by atoms with Gasteiger partial charge in [0.25, 0.3) is 0 Å². The van der Waals surface area contributed by atoms with Gasteiger partial charge in [0.15, 0.2) is 0 Å². The summed E-state index contributed by atoms with van der Waals surface area (Å²) in [6.07, 6.45) is 68.9. The first-order chi connectivity index (χ1) is 33.5. The fraction of sp³-hybridized carbons (Fsp3) is 0.839. The van der Waals surface area contributed by atoms with Crippen LogP contribution in [0.2, 0.25) is 0 Å². The van der Waals surface area contributed by atoms with Gasteiger partial charge >= 0.3 is 5.97 Å². The molecule has 3 atom stereocenters. The van der Waals surface area contributed by atoms with Crippen molar-refractivity contribution >= 4 is 11.9 Å². The lowest BCUT2D eigenvalue weighted by molar-refractivity contribution is -0.151. The van der Waals surface area contributed by atoms with E-state index in [1.807, 2.05) is 0 Å². The maximum Gasteiger partial charge on any atom is 0.306 e. The molecule has 0 bridgehead atoms. The van der Waals surface area contributed by atoms with Crippen LogP contribution in [0.25, 0.3) is 0 Å². The Bertz CT molecular complexity index is 1160. The largest absolute Gasteiger partial charge is 0.462 e. The fourth-order valence-electron chi connectivity index (χ4n) is 9.08. The number of hydrogen-bond donors (Lipinski definition) is 3. The van der Waals surface area contributed by atoms with Crippen LogP contribution >= 0.6 is 0 Å². The number of esters is 1. The number of carbonyl (C=O) groups is 2. The highest BCUT2D eigenvalue weighted by molar-refractivity contribution is 5.77. The zero-order chi connectivity index (χ0) is 49.5. The van der Waals surface area contributed by atoms with Crippen LogP contribution in [-0.4, -0.2) is 46.9 Å². The Morgan fingerprint density at radius 1 is 0.426 bits per heavy atom. The average Bonchev–Trinajstić information content (AvgIpc) is 3.33. The zero-order valence-corrected chi connectivity index (χ0v) is 45.5. The number of aliphatic hydroxyl groups is 2. The number of allylic oxidation sites excluding steroid dienone is 8. The van der Waals surface area contributed by atoms with Crippen LogP contribution in [0.3, 0.4) is 0 Å². The van der Waals surface area contributed by atoms with E-state index in [4.69, 9.17) is 4.74 Å². The van der Waals surface area contributed by atoms with Crippen molar-refractivity contribution in [1.29, 1.82) is 0 Å². The molecule has 6 heteroatoms. The smallest absolute Gasteiger partial charge is 0.306 e. The van der Waals surface area contributed by atoms with Crippen molar-refractivity contribution < 1.29 is 24.5 Å². The number of aliphatic hydroxyl groups excluding tert-OH is 2. The molecular weight excluding hydrogens is 839 g/mol. The Balaban J connectivity index is 4.57. The quantitative estimate of drug-likeness (QED) is 0.0321. The van der Waals surface area contributed by atoms with Gasteiger partial charge in [-0.1, -0.05) is 256 Å². The van der Waals surface area contributed by atoms with Gasteiger partial charge in [-0.2, -0.15) is 0 Å². The first-order valence-corrected chi connectivity index (χ1v) is 29.9. The highest BCUT2D eigenvalue weighted by atomic mass is 16.5. The molecule has 0 fully saturated rings. The van der Waals surface area contributed by atoms with Gasteiger partial charge < -0.3 is 20.3 Å². The van der Waals surface area contributed by atoms with E-state index in [-0.39, 0.29) is 24.9 Å². The Hall–Kier alpha value is -2.18. The third kappa shape index (κ3) is 50.2. The van der Waals surface area contributed by atoms with E-state index >= 15 is 0 Å². The van der Waals surface area contributed by atoms with Gasteiger partial charge in [-0.25, -0.2) is 0 Å². The summed E-state index contributed by atoms with van der Waals surface area (Å²) in [6.45, 7) is 6.47. The first-order valence-electron chi connectivity index (χ1n) is 29.9. The van der Waals surface area contributed by atoms with E-state index in [9.17, 15) is 19.8 Å². The second-order valence-corrected chi connectivity index (χ2v) is 20.4. The molecule has 0 rings (SSSR count). The van der Waals surface area contributed by atoms with Gasteiger partial charge in [0, 0.05) is 6.42 Å². The molecule has 0 saturated heterocycles. The standard InChI is InChI=1S/C62H115NO5/c1-4-7-10-13-16-19-22-25-28-30-33-36-39-42-45-48-51-54-60(65)59(57-64)63-61(66)56-58(53-50-47-44-41-38-35-32-27-24-21-18-15-12-9-6-3)68-62(67)55-52-49-46-43-40-37-34-31-29-26-23-20-17-14-11-8-5-2/h18,21,26-27,29,32,38,41,58-60,64-65H,4-17,19-20,22-25,28,30-31,33-37,39-40,42-57H2,1-3H3,(H,63,66)/b21-18-,29-26+,32-27-,41-38-. The maximum absolute atomic E-state index is 13.3. The molecule has 6 nitrogen and oxygen atoms in total. The summed E-state index contributed by atoms with van der Waals surface area (Å²) >= 11 is 0. The highest BCUT2D eigenvalue weighted by Crippen LogP contribution is 2.18. The van der Waals surface area contributed by atoms with Crippen molar-refractivity contribution in [2.75, 3.05) is 6.61 Å². The lowest BCUT2D eigenvalue weighted by atomic mass is 10.0. The van der Waals surface area contributed by atoms with Crippen LogP contribution in [0.15, 0.2) is 48.6 Å². The molecule has 3 unspecified atom stereocenters. The summed E-state index contributed by atoms with van der Waals surface area (Å²) in [5, 5.41) is 23.9. The molecule has 0 aliphatic heterocycles. The van der Waals surface area contributed by atoms with Crippen LogP contribution in [0.5, 0.6) is 0 Å². The number of carbonyl (C=O) groups excluding carboxylic acids is 2. The van der Waals surface area contributed by atoms with Crippen molar-refractivity contribution in [3.63, 3.8) is 0 Å². The summed E-state index contributed by atoms with van der Waals surface area (Å²) in [4.78, 5) is 26.3. The number of rotatable bonds is 54. The summed E-state index contributed by atoms with van der Waals surface area (Å²) in [6, 6.07) is -0.715. The topological polar surface area (TPSA) is 95.9 Å². The van der Waals surface area contributed by atoms with Gasteiger partial charge in [-0.15, -0.1) is 0 Å². The molecule has 0 aliphatic carbocycles. The molecule has 0 aromatic rings. The van der Waals surface area contributed by atoms with E-state index in [1.54, 1.807) is 0 Å². The van der Waals surface area contributed by atoms with Crippen LogP contribution < -0.4 is 5.32 Å². The van der Waals surface area contributed by atoms with E-state index in [1.165, 1.54) is 193 Å². The lowest BCUT2D eigenvalue weighted by Crippen LogP contribution is -2.46. The molecule has 0 saturated carbocycles. The summed E-state index contributed by atoms with van der Waals surface area (Å²) < 4.78 is 5.95. The third-order valence-corrected chi connectivity index (χ3v) is 13.6. The molecule has 68 heavy (non-hydrogen) atoms. The third-order valence-electron chi connectivity index (χ3n) is 13.6. The van der Waals surface area contributed by atoms with E-state index in [0.717, 1.165) is 70.6 Å². The van der Waals surface area contributed by atoms with Gasteiger partial charge in [-0.05, 0) is 89.9 Å². The minimum atomic E-state index is -0.800. The Kier molecular flexibility index (Phi) is 54.0. The molecule has 0 spiro atoms. The second kappa shape index (κ2) is 55.7. The Labute approximate surface area is 423 Å². The first kappa shape index (κ1) is 65.8. The van der Waals surface area contributed by atoms with Crippen LogP contribution in [0.4, 0.5) is 0 Å². The predicted molar refractivity (Wildman–Crippen MR) is 296 cm³/mol. The predicted octanol–water partition coefficient (Wildman–Crippen LogP) is 18.6. The van der Waals surface area contributed by atoms with Crippen LogP contribution in [-0.2, 0) is 14.3 Å². The summed E-state index contributed by atoms with van der Waals surface area (Å²) in [5.74, 6) is -0.505. The van der Waals surface area contributed by atoms with Crippen molar-refractivity contribution in [1.82, 2.24) is 5.32 Å². The van der Waals surface area contributed by atoms with Gasteiger partial charge in [0.05, 0.1) is 25.2 Å². The van der Waals surface area contributed by atoms with Gasteiger partial charge in [-0.3, -0.25) is 9.59 Å². The monoisotopic (exact) mass is 954 g/mol. The van der Waals surface area contributed by atoms with Crippen LogP contribution in [0, 0.1) is 0 Å². The summed E-state index contributed by atoms with van der Waals surface area (Å²) in [5.41, 5.74) is 0. The molecule has 0 aromatic carbocycles. The number of amides is 1. The molecule has 0 heterocycles. The number of unbranched alkanes of at least 4 members (excludes halogenated alkanes) is 34. The average molecular weight is 955 g/mol. The highest BCUT2D eigenvalue weighted by Gasteiger charge is 2.24. The zero-order valence-electron chi connectivity index (χ0n) is 45.5. The van der Waals surface area contributed by atoms with Gasteiger partial charge in [0.2, 0.25) is 5.91 Å². The maximum atomic E-state index is 13.3. The summed E-state index contributed by atoms with van der Waals surface area (Å²) in [7, 11) is 0. The van der Waals surface area contributed by atoms with E-state index in [0.29, 0.717) is 19.3 Å². The second-order valence-electron chi connectivity index (χ2n) is 20.4. The van der Waals surface area contributed by atoms with Crippen molar-refractivity contribution in [3.05, 3.63) is 48.6 Å². The fourth-order valence-corrected chi connectivity index (χ4v) is 9.08.